The van der Waals surface area contributed by atoms with Crippen LogP contribution in [0.25, 0.3) is 0 Å². The Morgan fingerprint density at radius 2 is 1.70 bits per heavy atom. The van der Waals surface area contributed by atoms with Crippen molar-refractivity contribution in [3.8, 4) is 0 Å². The van der Waals surface area contributed by atoms with E-state index in [9.17, 15) is 23.3 Å². The summed E-state index contributed by atoms with van der Waals surface area (Å²) >= 11 is 0. The summed E-state index contributed by atoms with van der Waals surface area (Å²) in [6.07, 6.45) is 0. The molecule has 1 atom stereocenters. The summed E-state index contributed by atoms with van der Waals surface area (Å²) in [5.41, 5.74) is 0.772. The molecule has 27 heavy (non-hydrogen) atoms. The maximum absolute atomic E-state index is 12.8. The average molecular weight is 391 g/mol. The fourth-order valence-corrected chi connectivity index (χ4v) is 3.45. The first-order chi connectivity index (χ1) is 12.6. The van der Waals surface area contributed by atoms with Crippen LogP contribution >= 0.6 is 0 Å². The molecule has 0 fully saturated rings. The zero-order valence-corrected chi connectivity index (χ0v) is 16.3. The molecule has 8 nitrogen and oxygen atoms in total. The quantitative estimate of drug-likeness (QED) is 0.557. The molecule has 0 spiro atoms. The summed E-state index contributed by atoms with van der Waals surface area (Å²) in [5.74, 6) is -0.384. The van der Waals surface area contributed by atoms with E-state index in [2.05, 4.69) is 0 Å². The van der Waals surface area contributed by atoms with Gasteiger partial charge < -0.3 is 4.90 Å². The molecule has 0 N–H and O–H groups in total. The normalized spacial score (nSPS) is 12.6. The molecule has 2 aromatic rings. The van der Waals surface area contributed by atoms with Crippen LogP contribution < -0.4 is 0 Å². The predicted molar refractivity (Wildman–Crippen MR) is 101 cm³/mol. The molecule has 0 aliphatic carbocycles. The molecule has 0 saturated carbocycles. The van der Waals surface area contributed by atoms with E-state index in [-0.39, 0.29) is 22.1 Å². The molecular formula is C18H21N3O5S. The molecule has 0 radical (unpaired) electrons. The Hall–Kier alpha value is -2.78. The van der Waals surface area contributed by atoms with Gasteiger partial charge in [-0.05, 0) is 30.7 Å². The van der Waals surface area contributed by atoms with E-state index in [4.69, 9.17) is 0 Å². The van der Waals surface area contributed by atoms with Crippen LogP contribution in [0.3, 0.4) is 0 Å². The molecule has 9 heteroatoms. The second kappa shape index (κ2) is 7.85. The third-order valence-electron chi connectivity index (χ3n) is 4.32. The summed E-state index contributed by atoms with van der Waals surface area (Å²) in [6.45, 7) is 1.75. The molecule has 0 aliphatic heterocycles. The lowest BCUT2D eigenvalue weighted by Gasteiger charge is -2.25. The number of nitro benzene ring substituents is 1. The van der Waals surface area contributed by atoms with Gasteiger partial charge in [-0.25, -0.2) is 12.7 Å². The highest BCUT2D eigenvalue weighted by Crippen LogP contribution is 2.25. The van der Waals surface area contributed by atoms with Gasteiger partial charge in [-0.15, -0.1) is 0 Å². The van der Waals surface area contributed by atoms with Gasteiger partial charge in [0, 0.05) is 38.8 Å². The lowest BCUT2D eigenvalue weighted by atomic mass is 10.1. The first kappa shape index (κ1) is 20.5. The van der Waals surface area contributed by atoms with Crippen LogP contribution in [0.2, 0.25) is 0 Å². The van der Waals surface area contributed by atoms with Crippen LogP contribution in [0.5, 0.6) is 0 Å². The molecule has 2 rings (SSSR count). The number of nitrogens with zero attached hydrogens (tertiary/aromatic N) is 3. The molecule has 0 aromatic heterocycles. The number of carbonyl (C=O) groups is 1. The first-order valence-corrected chi connectivity index (χ1v) is 9.54. The van der Waals surface area contributed by atoms with Crippen molar-refractivity contribution in [2.45, 2.75) is 17.9 Å². The molecule has 0 unspecified atom stereocenters. The lowest BCUT2D eigenvalue weighted by Crippen LogP contribution is -2.30. The predicted octanol–water partition coefficient (Wildman–Crippen LogP) is 2.68. The monoisotopic (exact) mass is 391 g/mol. The lowest BCUT2D eigenvalue weighted by molar-refractivity contribution is -0.384. The number of benzene rings is 2. The van der Waals surface area contributed by atoms with Gasteiger partial charge in [-0.2, -0.15) is 0 Å². The third-order valence-corrected chi connectivity index (χ3v) is 6.14. The number of hydrogen-bond donors (Lipinski definition) is 0. The van der Waals surface area contributed by atoms with Crippen LogP contribution in [-0.2, 0) is 10.0 Å². The van der Waals surface area contributed by atoms with Crippen molar-refractivity contribution in [3.05, 3.63) is 69.8 Å². The molecular weight excluding hydrogens is 370 g/mol. The fourth-order valence-electron chi connectivity index (χ4n) is 2.50. The summed E-state index contributed by atoms with van der Waals surface area (Å²) < 4.78 is 25.6. The molecule has 0 saturated heterocycles. The van der Waals surface area contributed by atoms with E-state index < -0.39 is 21.0 Å². The number of non-ortho nitro benzene ring substituents is 1. The maximum Gasteiger partial charge on any atom is 0.269 e. The second-order valence-corrected chi connectivity index (χ2v) is 8.41. The van der Waals surface area contributed by atoms with Crippen molar-refractivity contribution in [2.24, 2.45) is 0 Å². The van der Waals surface area contributed by atoms with Gasteiger partial charge in [0.05, 0.1) is 15.9 Å². The minimum atomic E-state index is -3.66. The fraction of sp³-hybridized carbons (Fsp3) is 0.278. The van der Waals surface area contributed by atoms with Crippen LogP contribution in [0.15, 0.2) is 53.4 Å². The van der Waals surface area contributed by atoms with E-state index >= 15 is 0 Å². The minimum absolute atomic E-state index is 0.0229. The van der Waals surface area contributed by atoms with Crippen molar-refractivity contribution in [2.75, 3.05) is 21.1 Å². The summed E-state index contributed by atoms with van der Waals surface area (Å²) in [6, 6.07) is 11.4. The van der Waals surface area contributed by atoms with Gasteiger partial charge >= 0.3 is 0 Å². The Labute approximate surface area is 158 Å². The Kier molecular flexibility index (Phi) is 5.97. The summed E-state index contributed by atoms with van der Waals surface area (Å²) in [5, 5.41) is 11.0. The van der Waals surface area contributed by atoms with Gasteiger partial charge in [0.2, 0.25) is 10.0 Å². The smallest absolute Gasteiger partial charge is 0.269 e. The highest BCUT2D eigenvalue weighted by molar-refractivity contribution is 7.89. The molecule has 0 aliphatic rings. The van der Waals surface area contributed by atoms with Crippen LogP contribution in [0, 0.1) is 10.1 Å². The minimum Gasteiger partial charge on any atom is -0.335 e. The molecule has 144 valence electrons. The van der Waals surface area contributed by atoms with Crippen LogP contribution in [0.1, 0.15) is 28.9 Å². The van der Waals surface area contributed by atoms with Gasteiger partial charge in [-0.1, -0.05) is 18.2 Å². The highest BCUT2D eigenvalue weighted by Gasteiger charge is 2.23. The average Bonchev–Trinajstić information content (AvgIpc) is 2.66. The van der Waals surface area contributed by atoms with E-state index in [1.54, 1.807) is 26.1 Å². The van der Waals surface area contributed by atoms with E-state index in [0.717, 1.165) is 4.31 Å². The van der Waals surface area contributed by atoms with Gasteiger partial charge in [0.1, 0.15) is 0 Å². The number of hydrogen-bond acceptors (Lipinski definition) is 5. The van der Waals surface area contributed by atoms with E-state index in [0.29, 0.717) is 5.56 Å². The largest absolute Gasteiger partial charge is 0.335 e. The topological polar surface area (TPSA) is 101 Å². The van der Waals surface area contributed by atoms with Gasteiger partial charge in [0.25, 0.3) is 11.6 Å². The second-order valence-electron chi connectivity index (χ2n) is 6.26. The molecule has 0 bridgehead atoms. The van der Waals surface area contributed by atoms with Gasteiger partial charge in [-0.3, -0.25) is 14.9 Å². The van der Waals surface area contributed by atoms with Crippen molar-refractivity contribution >= 4 is 21.6 Å². The number of amides is 1. The van der Waals surface area contributed by atoms with Crippen LogP contribution in [0.4, 0.5) is 5.69 Å². The Bertz CT molecular complexity index is 972. The highest BCUT2D eigenvalue weighted by atomic mass is 32.2. The van der Waals surface area contributed by atoms with Crippen molar-refractivity contribution in [1.29, 1.82) is 0 Å². The third kappa shape index (κ3) is 4.32. The number of carbonyl (C=O) groups excluding carboxylic acids is 1. The van der Waals surface area contributed by atoms with E-state index in [1.807, 2.05) is 0 Å². The number of sulfonamides is 1. The Morgan fingerprint density at radius 1 is 1.07 bits per heavy atom. The van der Waals surface area contributed by atoms with Crippen molar-refractivity contribution in [3.63, 3.8) is 0 Å². The molecule has 2 aromatic carbocycles. The Balaban J connectivity index is 2.32. The molecule has 1 amide bonds. The van der Waals surface area contributed by atoms with Gasteiger partial charge in [0.15, 0.2) is 0 Å². The summed E-state index contributed by atoms with van der Waals surface area (Å²) in [4.78, 5) is 24.7. The zero-order chi connectivity index (χ0) is 20.4. The van der Waals surface area contributed by atoms with Crippen molar-refractivity contribution in [1.82, 2.24) is 9.21 Å². The molecule has 0 heterocycles. The van der Waals surface area contributed by atoms with Crippen LogP contribution in [-0.4, -0.2) is 49.6 Å². The summed E-state index contributed by atoms with van der Waals surface area (Å²) in [7, 11) is 0.744. The first-order valence-electron chi connectivity index (χ1n) is 8.10. The zero-order valence-electron chi connectivity index (χ0n) is 15.5. The standard InChI is InChI=1S/C18H21N3O5S/c1-13(14-7-5-9-16(11-14)21(23)24)20(4)18(22)15-8-6-10-17(12-15)27(25,26)19(2)3/h5-13H,1-4H3/t13-/m0/s1. The number of rotatable bonds is 6. The maximum atomic E-state index is 12.8. The number of nitro groups is 1. The van der Waals surface area contributed by atoms with Crippen molar-refractivity contribution < 1.29 is 18.1 Å². The Morgan fingerprint density at radius 3 is 2.30 bits per heavy atom. The SMILES string of the molecule is C[C@@H](c1cccc([N+](=O)[O-])c1)N(C)C(=O)c1cccc(S(=O)(=O)N(C)C)c1. The van der Waals surface area contributed by atoms with E-state index in [1.165, 1.54) is 55.4 Å².